The van der Waals surface area contributed by atoms with Gasteiger partial charge in [-0.2, -0.15) is 5.26 Å². The van der Waals surface area contributed by atoms with Crippen molar-refractivity contribution in [2.45, 2.75) is 18.7 Å². The lowest BCUT2D eigenvalue weighted by atomic mass is 10.2. The molecule has 3 rings (SSSR count). The monoisotopic (exact) mass is 425 g/mol. The predicted octanol–water partition coefficient (Wildman–Crippen LogP) is 4.31. The topological polar surface area (TPSA) is 90.3 Å². The Morgan fingerprint density at radius 1 is 1.10 bits per heavy atom. The van der Waals surface area contributed by atoms with Crippen LogP contribution in [0.2, 0.25) is 0 Å². The molecule has 1 aromatic heterocycles. The summed E-state index contributed by atoms with van der Waals surface area (Å²) >= 11 is 1.32. The number of hydrogen-bond acceptors (Lipinski definition) is 5. The smallest absolute Gasteiger partial charge is 0.264 e. The van der Waals surface area contributed by atoms with Crippen molar-refractivity contribution >= 4 is 38.0 Å². The van der Waals surface area contributed by atoms with Gasteiger partial charge in [0.1, 0.15) is 11.1 Å². The molecule has 1 amide bonds. The van der Waals surface area contributed by atoms with E-state index in [1.807, 2.05) is 13.8 Å². The largest absolute Gasteiger partial charge is 0.312 e. The van der Waals surface area contributed by atoms with Crippen LogP contribution in [0.15, 0.2) is 59.5 Å². The fourth-order valence-electron chi connectivity index (χ4n) is 2.76. The van der Waals surface area contributed by atoms with E-state index in [1.165, 1.54) is 47.0 Å². The molecule has 29 heavy (non-hydrogen) atoms. The molecule has 6 nitrogen and oxygen atoms in total. The maximum absolute atomic E-state index is 13.0. The van der Waals surface area contributed by atoms with Gasteiger partial charge in [-0.15, -0.1) is 11.3 Å². The second-order valence-corrected chi connectivity index (χ2v) is 9.58. The van der Waals surface area contributed by atoms with E-state index in [1.54, 1.807) is 30.3 Å². The molecule has 0 spiro atoms. The molecule has 0 aliphatic heterocycles. The third-order valence-electron chi connectivity index (χ3n) is 4.60. The highest BCUT2D eigenvalue weighted by Crippen LogP contribution is 2.32. The van der Waals surface area contributed by atoms with E-state index in [0.717, 1.165) is 10.4 Å². The summed E-state index contributed by atoms with van der Waals surface area (Å²) in [6.45, 7) is 3.70. The molecule has 0 aliphatic rings. The molecule has 3 aromatic rings. The van der Waals surface area contributed by atoms with E-state index < -0.39 is 15.9 Å². The molecule has 1 heterocycles. The van der Waals surface area contributed by atoms with Gasteiger partial charge in [-0.05, 0) is 49.7 Å². The number of thiophene rings is 1. The quantitative estimate of drug-likeness (QED) is 0.659. The average molecular weight is 426 g/mol. The van der Waals surface area contributed by atoms with E-state index in [9.17, 15) is 18.5 Å². The number of amides is 1. The van der Waals surface area contributed by atoms with Gasteiger partial charge >= 0.3 is 0 Å². The zero-order valence-corrected chi connectivity index (χ0v) is 17.8. The van der Waals surface area contributed by atoms with Gasteiger partial charge in [-0.1, -0.05) is 24.3 Å². The molecule has 0 atom stereocenters. The van der Waals surface area contributed by atoms with Crippen molar-refractivity contribution in [3.05, 3.63) is 76.2 Å². The van der Waals surface area contributed by atoms with Crippen LogP contribution in [0.25, 0.3) is 0 Å². The first-order valence-corrected chi connectivity index (χ1v) is 11.0. The van der Waals surface area contributed by atoms with Gasteiger partial charge in [-0.3, -0.25) is 9.10 Å². The summed E-state index contributed by atoms with van der Waals surface area (Å²) < 4.78 is 27.1. The second-order valence-electron chi connectivity index (χ2n) is 6.39. The van der Waals surface area contributed by atoms with Gasteiger partial charge in [0.15, 0.2) is 0 Å². The Kier molecular flexibility index (Phi) is 5.73. The first kappa shape index (κ1) is 20.6. The van der Waals surface area contributed by atoms with E-state index in [0.29, 0.717) is 16.3 Å². The summed E-state index contributed by atoms with van der Waals surface area (Å²) in [5.74, 6) is -0.470. The minimum atomic E-state index is -3.83. The number of sulfonamides is 1. The van der Waals surface area contributed by atoms with Crippen molar-refractivity contribution in [3.8, 4) is 6.07 Å². The maximum Gasteiger partial charge on any atom is 0.264 e. The Hall–Kier alpha value is -3.15. The summed E-state index contributed by atoms with van der Waals surface area (Å²) in [6.07, 6.45) is 0. The van der Waals surface area contributed by atoms with Crippen molar-refractivity contribution in [1.82, 2.24) is 0 Å². The van der Waals surface area contributed by atoms with Gasteiger partial charge < -0.3 is 5.32 Å². The van der Waals surface area contributed by atoms with Crippen LogP contribution >= 0.6 is 11.3 Å². The number of nitrogens with zero attached hydrogens (tertiary/aromatic N) is 2. The van der Waals surface area contributed by atoms with Crippen LogP contribution < -0.4 is 9.62 Å². The average Bonchev–Trinajstić information content (AvgIpc) is 3.00. The lowest BCUT2D eigenvalue weighted by molar-refractivity contribution is 0.102. The number of carbonyl (C=O) groups excluding carboxylic acids is 1. The minimum Gasteiger partial charge on any atom is -0.312 e. The van der Waals surface area contributed by atoms with E-state index in [-0.39, 0.29) is 10.5 Å². The number of nitriles is 1. The Morgan fingerprint density at radius 2 is 1.79 bits per heavy atom. The summed E-state index contributed by atoms with van der Waals surface area (Å²) in [6, 6.07) is 16.6. The number of para-hydroxylation sites is 1. The molecule has 0 bridgehead atoms. The third-order valence-corrected chi connectivity index (χ3v) is 7.50. The molecule has 0 saturated carbocycles. The van der Waals surface area contributed by atoms with Crippen LogP contribution in [0.1, 0.15) is 26.4 Å². The highest BCUT2D eigenvalue weighted by atomic mass is 32.2. The fourth-order valence-corrected chi connectivity index (χ4v) is 5.01. The Balaban J connectivity index is 1.91. The van der Waals surface area contributed by atoms with Gasteiger partial charge in [0.25, 0.3) is 15.9 Å². The fraction of sp³-hybridized carbons (Fsp3) is 0.143. The molecule has 0 saturated heterocycles. The number of carbonyl (C=O) groups is 1. The van der Waals surface area contributed by atoms with E-state index >= 15 is 0 Å². The number of benzene rings is 2. The highest BCUT2D eigenvalue weighted by Gasteiger charge is 2.23. The standard InChI is InChI=1S/C21H19N3O3S2/c1-14-15(2)28-21(19(14)13-22)23-20(25)16-8-7-11-18(12-16)29(26,27)24(3)17-9-5-4-6-10-17/h4-12H,1-3H3,(H,23,25). The highest BCUT2D eigenvalue weighted by molar-refractivity contribution is 7.92. The first-order chi connectivity index (χ1) is 13.8. The minimum absolute atomic E-state index is 0.00977. The lowest BCUT2D eigenvalue weighted by Crippen LogP contribution is -2.26. The normalized spacial score (nSPS) is 11.0. The van der Waals surface area contributed by atoms with Gasteiger partial charge in [-0.25, -0.2) is 8.42 Å². The number of aryl methyl sites for hydroxylation is 1. The molecule has 8 heteroatoms. The van der Waals surface area contributed by atoms with Crippen molar-refractivity contribution in [1.29, 1.82) is 5.26 Å². The number of hydrogen-bond donors (Lipinski definition) is 1. The molecule has 1 N–H and O–H groups in total. The Labute approximate surface area is 174 Å². The first-order valence-electron chi connectivity index (χ1n) is 8.71. The molecule has 0 aliphatic carbocycles. The van der Waals surface area contributed by atoms with Crippen molar-refractivity contribution in [2.75, 3.05) is 16.7 Å². The number of nitrogens with one attached hydrogen (secondary N) is 1. The zero-order valence-electron chi connectivity index (χ0n) is 16.1. The number of rotatable bonds is 5. The van der Waals surface area contributed by atoms with Gasteiger partial charge in [0, 0.05) is 17.5 Å². The van der Waals surface area contributed by atoms with Crippen LogP contribution in [-0.2, 0) is 10.0 Å². The second kappa shape index (κ2) is 8.07. The van der Waals surface area contributed by atoms with E-state index in [4.69, 9.17) is 0 Å². The van der Waals surface area contributed by atoms with Crippen molar-refractivity contribution in [2.24, 2.45) is 0 Å². The molecular formula is C21H19N3O3S2. The van der Waals surface area contributed by atoms with Gasteiger partial charge in [0.2, 0.25) is 0 Å². The van der Waals surface area contributed by atoms with Crippen LogP contribution in [0.4, 0.5) is 10.7 Å². The summed E-state index contributed by atoms with van der Waals surface area (Å²) in [5, 5.41) is 12.5. The molecule has 0 unspecified atom stereocenters. The van der Waals surface area contributed by atoms with Crippen molar-refractivity contribution < 1.29 is 13.2 Å². The Bertz CT molecular complexity index is 1210. The molecule has 0 fully saturated rings. The molecule has 2 aromatic carbocycles. The molecular weight excluding hydrogens is 406 g/mol. The van der Waals surface area contributed by atoms with Crippen LogP contribution in [-0.4, -0.2) is 21.4 Å². The van der Waals surface area contributed by atoms with Gasteiger partial charge in [0.05, 0.1) is 16.1 Å². The summed E-state index contributed by atoms with van der Waals surface area (Å²) in [5.41, 5.74) is 1.97. The third kappa shape index (κ3) is 4.01. The van der Waals surface area contributed by atoms with Crippen molar-refractivity contribution in [3.63, 3.8) is 0 Å². The zero-order chi connectivity index (χ0) is 21.2. The lowest BCUT2D eigenvalue weighted by Gasteiger charge is -2.19. The Morgan fingerprint density at radius 3 is 2.45 bits per heavy atom. The predicted molar refractivity (Wildman–Crippen MR) is 115 cm³/mol. The SMILES string of the molecule is Cc1sc(NC(=O)c2cccc(S(=O)(=O)N(C)c3ccccc3)c2)c(C#N)c1C. The maximum atomic E-state index is 13.0. The number of anilines is 2. The summed E-state index contributed by atoms with van der Waals surface area (Å²) in [7, 11) is -2.37. The van der Waals surface area contributed by atoms with Crippen LogP contribution in [0.5, 0.6) is 0 Å². The molecule has 0 radical (unpaired) electrons. The van der Waals surface area contributed by atoms with Crippen LogP contribution in [0, 0.1) is 25.2 Å². The summed E-state index contributed by atoms with van der Waals surface area (Å²) in [4.78, 5) is 13.7. The van der Waals surface area contributed by atoms with Crippen LogP contribution in [0.3, 0.4) is 0 Å². The van der Waals surface area contributed by atoms with E-state index in [2.05, 4.69) is 11.4 Å². The molecule has 148 valence electrons.